The molecule has 11 heteroatoms. The molecule has 210 valence electrons. The summed E-state index contributed by atoms with van der Waals surface area (Å²) in [6.07, 6.45) is 9.63. The smallest absolute Gasteiger partial charge is 0.269 e. The Bertz CT molecular complexity index is 1300. The molecule has 0 unspecified atom stereocenters. The zero-order valence-corrected chi connectivity index (χ0v) is 23.6. The molecule has 2 aromatic carbocycles. The number of piperazine rings is 1. The number of anilines is 2. The second kappa shape index (κ2) is 12.5. The summed E-state index contributed by atoms with van der Waals surface area (Å²) in [6, 6.07) is 14.2. The number of non-ortho nitro benzene ring substituents is 1. The fraction of sp³-hybridized carbons (Fsp3) is 0.414. The van der Waals surface area contributed by atoms with Crippen molar-refractivity contribution in [1.82, 2.24) is 19.8 Å². The fourth-order valence-corrected chi connectivity index (χ4v) is 5.88. The van der Waals surface area contributed by atoms with Gasteiger partial charge in [0.05, 0.1) is 23.5 Å². The van der Waals surface area contributed by atoms with E-state index in [0.717, 1.165) is 48.4 Å². The van der Waals surface area contributed by atoms with Crippen molar-refractivity contribution in [2.24, 2.45) is 0 Å². The van der Waals surface area contributed by atoms with Crippen molar-refractivity contribution in [3.63, 3.8) is 0 Å². The van der Waals surface area contributed by atoms with Crippen molar-refractivity contribution in [2.75, 3.05) is 43.0 Å². The normalized spacial score (nSPS) is 16.0. The molecule has 1 saturated heterocycles. The maximum atomic E-state index is 13.5. The third kappa shape index (κ3) is 6.25. The second-order valence-corrected chi connectivity index (χ2v) is 10.8. The zero-order valence-electron chi connectivity index (χ0n) is 22.7. The number of benzene rings is 2. The monoisotopic (exact) mass is 561 g/mol. The Balaban J connectivity index is 1.25. The van der Waals surface area contributed by atoms with Gasteiger partial charge < -0.3 is 24.6 Å². The Kier molecular flexibility index (Phi) is 8.59. The summed E-state index contributed by atoms with van der Waals surface area (Å²) < 4.78 is 0. The highest BCUT2D eigenvalue weighted by Gasteiger charge is 2.26. The number of thiocarbonyl (C=S) groups is 1. The molecule has 1 N–H and O–H groups in total. The van der Waals surface area contributed by atoms with Gasteiger partial charge >= 0.3 is 0 Å². The third-order valence-corrected chi connectivity index (χ3v) is 8.50. The van der Waals surface area contributed by atoms with E-state index in [1.165, 1.54) is 56.4 Å². The number of hydrogen-bond donors (Lipinski definition) is 1. The lowest BCUT2D eigenvalue weighted by Gasteiger charge is -2.42. The molecular formula is C29H35N7O3S. The van der Waals surface area contributed by atoms with Crippen LogP contribution >= 0.6 is 12.2 Å². The molecule has 0 bridgehead atoms. The van der Waals surface area contributed by atoms with Gasteiger partial charge in [0.2, 0.25) is 0 Å². The molecule has 0 spiro atoms. The third-order valence-electron chi connectivity index (χ3n) is 7.95. The minimum absolute atomic E-state index is 0.0532. The number of carbonyl (C=O) groups excluding carboxylic acids is 1. The number of amides is 1. The Morgan fingerprint density at radius 1 is 1.05 bits per heavy atom. The molecule has 1 aliphatic carbocycles. The number of H-pyrrole nitrogens is 1. The molecule has 0 radical (unpaired) electrons. The van der Waals surface area contributed by atoms with Gasteiger partial charge in [0.25, 0.3) is 11.6 Å². The van der Waals surface area contributed by atoms with Gasteiger partial charge in [-0.15, -0.1) is 0 Å². The van der Waals surface area contributed by atoms with Crippen LogP contribution in [0.3, 0.4) is 0 Å². The van der Waals surface area contributed by atoms with Crippen LogP contribution in [0.2, 0.25) is 0 Å². The summed E-state index contributed by atoms with van der Waals surface area (Å²) in [4.78, 5) is 39.8. The largest absolute Gasteiger partial charge is 0.368 e. The van der Waals surface area contributed by atoms with E-state index in [0.29, 0.717) is 18.2 Å². The fourth-order valence-electron chi connectivity index (χ4n) is 5.55. The lowest BCUT2D eigenvalue weighted by atomic mass is 9.95. The van der Waals surface area contributed by atoms with E-state index in [1.54, 1.807) is 17.4 Å². The highest BCUT2D eigenvalue weighted by molar-refractivity contribution is 7.80. The summed E-state index contributed by atoms with van der Waals surface area (Å²) in [5.41, 5.74) is 2.93. The molecule has 1 amide bonds. The highest BCUT2D eigenvalue weighted by atomic mass is 32.1. The minimum Gasteiger partial charge on any atom is -0.368 e. The molecule has 5 rings (SSSR count). The molecule has 2 heterocycles. The molecule has 1 aliphatic heterocycles. The number of aromatic nitrogens is 2. The van der Waals surface area contributed by atoms with Crippen LogP contribution in [0.5, 0.6) is 0 Å². The molecule has 0 atom stereocenters. The lowest BCUT2D eigenvalue weighted by molar-refractivity contribution is -0.384. The highest BCUT2D eigenvalue weighted by Crippen LogP contribution is 2.27. The first-order chi connectivity index (χ1) is 19.4. The predicted octanol–water partition coefficient (Wildman–Crippen LogP) is 4.84. The van der Waals surface area contributed by atoms with E-state index in [1.807, 2.05) is 24.3 Å². The summed E-state index contributed by atoms with van der Waals surface area (Å²) >= 11 is 5.87. The summed E-state index contributed by atoms with van der Waals surface area (Å²) in [7, 11) is 2.15. The van der Waals surface area contributed by atoms with Crippen LogP contribution in [0, 0.1) is 10.1 Å². The summed E-state index contributed by atoms with van der Waals surface area (Å²) in [5.74, 6) is -0.249. The molecule has 1 aromatic heterocycles. The van der Waals surface area contributed by atoms with E-state index in [9.17, 15) is 14.9 Å². The van der Waals surface area contributed by atoms with Crippen molar-refractivity contribution in [3.8, 4) is 0 Å². The second-order valence-electron chi connectivity index (χ2n) is 10.4. The average Bonchev–Trinajstić information content (AvgIpc) is 3.53. The van der Waals surface area contributed by atoms with Crippen LogP contribution in [0.25, 0.3) is 0 Å². The van der Waals surface area contributed by atoms with Crippen LogP contribution in [0.15, 0.2) is 61.1 Å². The van der Waals surface area contributed by atoms with E-state index < -0.39 is 4.92 Å². The van der Waals surface area contributed by atoms with Gasteiger partial charge in [-0.2, -0.15) is 0 Å². The molecule has 2 fully saturated rings. The van der Waals surface area contributed by atoms with Crippen LogP contribution in [0.1, 0.15) is 48.2 Å². The van der Waals surface area contributed by atoms with Gasteiger partial charge in [-0.3, -0.25) is 14.9 Å². The Hall–Kier alpha value is -3.99. The molecule has 2 aliphatic rings. The number of nitro groups is 1. The average molecular weight is 562 g/mol. The molecule has 1 saturated carbocycles. The quantitative estimate of drug-likeness (QED) is 0.249. The summed E-state index contributed by atoms with van der Waals surface area (Å²) in [5, 5.41) is 12.0. The molecule has 40 heavy (non-hydrogen) atoms. The maximum Gasteiger partial charge on any atom is 0.269 e. The van der Waals surface area contributed by atoms with E-state index in [2.05, 4.69) is 31.7 Å². The van der Waals surface area contributed by atoms with Crippen molar-refractivity contribution >= 4 is 40.3 Å². The number of carbonyl (C=O) groups is 1. The molecule has 10 nitrogen and oxygen atoms in total. The number of nitrogens with one attached hydrogen (secondary N) is 1. The van der Waals surface area contributed by atoms with Gasteiger partial charge in [0.1, 0.15) is 0 Å². The number of hydrogen-bond acceptors (Lipinski definition) is 6. The number of nitro benzene ring substituents is 1. The molecule has 3 aromatic rings. The van der Waals surface area contributed by atoms with Crippen molar-refractivity contribution in [3.05, 3.63) is 82.4 Å². The van der Waals surface area contributed by atoms with Gasteiger partial charge in [0.15, 0.2) is 5.11 Å². The zero-order chi connectivity index (χ0) is 28.1. The Labute approximate surface area is 239 Å². The van der Waals surface area contributed by atoms with Gasteiger partial charge in [-0.05, 0) is 61.5 Å². The topological polar surface area (TPSA) is 102 Å². The van der Waals surface area contributed by atoms with Crippen molar-refractivity contribution < 1.29 is 9.72 Å². The molecular weight excluding hydrogens is 526 g/mol. The number of rotatable bonds is 7. The first-order valence-corrected chi connectivity index (χ1v) is 14.2. The maximum absolute atomic E-state index is 13.5. The first kappa shape index (κ1) is 27.6. The number of nitrogens with zero attached hydrogens (tertiary/aromatic N) is 6. The minimum atomic E-state index is -0.474. The number of aromatic amines is 1. The van der Waals surface area contributed by atoms with Gasteiger partial charge in [0, 0.05) is 74.5 Å². The van der Waals surface area contributed by atoms with Crippen molar-refractivity contribution in [1.29, 1.82) is 0 Å². The van der Waals surface area contributed by atoms with Crippen molar-refractivity contribution in [2.45, 2.75) is 44.7 Å². The Morgan fingerprint density at radius 3 is 2.33 bits per heavy atom. The van der Waals surface area contributed by atoms with Crippen LogP contribution in [0.4, 0.5) is 17.1 Å². The van der Waals surface area contributed by atoms with Gasteiger partial charge in [-0.1, -0.05) is 19.3 Å². The van der Waals surface area contributed by atoms with E-state index in [4.69, 9.17) is 12.2 Å². The van der Waals surface area contributed by atoms with E-state index >= 15 is 0 Å². The van der Waals surface area contributed by atoms with Crippen LogP contribution < -0.4 is 9.80 Å². The van der Waals surface area contributed by atoms with Gasteiger partial charge in [-0.25, -0.2) is 4.98 Å². The predicted molar refractivity (Wildman–Crippen MR) is 160 cm³/mol. The summed E-state index contributed by atoms with van der Waals surface area (Å²) in [6.45, 7) is 3.79. The van der Waals surface area contributed by atoms with E-state index in [-0.39, 0.29) is 11.6 Å². The van der Waals surface area contributed by atoms with Crippen LogP contribution in [-0.2, 0) is 6.54 Å². The van der Waals surface area contributed by atoms with Crippen LogP contribution in [-0.4, -0.2) is 75.0 Å². The Morgan fingerprint density at radius 2 is 1.73 bits per heavy atom. The first-order valence-electron chi connectivity index (χ1n) is 13.8. The SMILES string of the molecule is CN(C(=S)N1CCN(c2ccc(N(Cc3cnc[nH]3)C(=O)c3ccc([N+](=O)[O-])cc3)cc2)CC1)C1CCCCC1. The standard InChI is InChI=1S/C29H35N7O3S/c1-32(24-5-3-2-4-6-24)29(40)34-17-15-33(16-18-34)25-11-13-26(14-12-25)35(20-23-19-30-21-31-23)28(37)22-7-9-27(10-8-22)36(38)39/h7-14,19,21,24H,2-6,15-18,20H2,1H3,(H,30,31). The number of imidazole rings is 1. The lowest BCUT2D eigenvalue weighted by Crippen LogP contribution is -2.54.